The third kappa shape index (κ3) is 6.74. The lowest BCUT2D eigenvalue weighted by Gasteiger charge is -2.10. The largest absolute Gasteiger partial charge is 0.467 e. The standard InChI is InChI=1S/C23H24N4O4/c1-2-21(28)26-18-8-4-9-19(13-18)27-22(29)15-24-17-7-3-6-16(12-17)23(30)25-14-20-10-5-11-31-20/h3-13,24H,2,14-15H2,1H3,(H,25,30)(H,26,28)(H,27,29). The first-order valence-electron chi connectivity index (χ1n) is 9.88. The van der Waals surface area contributed by atoms with Crippen LogP contribution in [0.2, 0.25) is 0 Å². The Kier molecular flexibility index (Phi) is 7.42. The zero-order valence-corrected chi connectivity index (χ0v) is 17.1. The lowest BCUT2D eigenvalue weighted by molar-refractivity contribution is -0.116. The summed E-state index contributed by atoms with van der Waals surface area (Å²) in [5.74, 6) is 0.0675. The number of hydrogen-bond acceptors (Lipinski definition) is 5. The van der Waals surface area contributed by atoms with Gasteiger partial charge in [-0.15, -0.1) is 0 Å². The van der Waals surface area contributed by atoms with Crippen LogP contribution in [0.3, 0.4) is 0 Å². The average Bonchev–Trinajstić information content (AvgIpc) is 3.30. The Morgan fingerprint density at radius 1 is 0.839 bits per heavy atom. The fraction of sp³-hybridized carbons (Fsp3) is 0.174. The number of hydrogen-bond donors (Lipinski definition) is 4. The molecule has 0 spiro atoms. The zero-order chi connectivity index (χ0) is 22.1. The number of rotatable bonds is 9. The number of carbonyl (C=O) groups is 3. The minimum absolute atomic E-state index is 0.0169. The Morgan fingerprint density at radius 3 is 2.26 bits per heavy atom. The van der Waals surface area contributed by atoms with Crippen molar-refractivity contribution in [3.8, 4) is 0 Å². The van der Waals surface area contributed by atoms with Crippen molar-refractivity contribution in [3.05, 3.63) is 78.3 Å². The second-order valence-corrected chi connectivity index (χ2v) is 6.73. The van der Waals surface area contributed by atoms with Crippen LogP contribution in [0.15, 0.2) is 71.3 Å². The molecule has 8 nitrogen and oxygen atoms in total. The van der Waals surface area contributed by atoms with Crippen molar-refractivity contribution in [1.82, 2.24) is 5.32 Å². The minimum Gasteiger partial charge on any atom is -0.467 e. The van der Waals surface area contributed by atoms with Crippen molar-refractivity contribution in [3.63, 3.8) is 0 Å². The van der Waals surface area contributed by atoms with Crippen LogP contribution in [0, 0.1) is 0 Å². The van der Waals surface area contributed by atoms with Crippen molar-refractivity contribution in [2.75, 3.05) is 22.5 Å². The van der Waals surface area contributed by atoms with Crippen molar-refractivity contribution < 1.29 is 18.8 Å². The molecule has 0 aliphatic carbocycles. The van der Waals surface area contributed by atoms with Crippen molar-refractivity contribution in [2.45, 2.75) is 19.9 Å². The molecule has 3 aromatic rings. The number of nitrogens with one attached hydrogen (secondary N) is 4. The van der Waals surface area contributed by atoms with Gasteiger partial charge in [0.2, 0.25) is 11.8 Å². The summed E-state index contributed by atoms with van der Waals surface area (Å²) in [5.41, 5.74) is 2.30. The third-order valence-corrected chi connectivity index (χ3v) is 4.33. The van der Waals surface area contributed by atoms with Gasteiger partial charge in [-0.1, -0.05) is 19.1 Å². The highest BCUT2D eigenvalue weighted by Gasteiger charge is 2.08. The fourth-order valence-corrected chi connectivity index (χ4v) is 2.76. The molecule has 0 aliphatic heterocycles. The van der Waals surface area contributed by atoms with Crippen LogP contribution in [0.4, 0.5) is 17.1 Å². The molecule has 0 atom stereocenters. The summed E-state index contributed by atoms with van der Waals surface area (Å²) in [6, 6.07) is 17.4. The van der Waals surface area contributed by atoms with Crippen LogP contribution in [0.25, 0.3) is 0 Å². The molecular weight excluding hydrogens is 396 g/mol. The van der Waals surface area contributed by atoms with Crippen LogP contribution < -0.4 is 21.3 Å². The van der Waals surface area contributed by atoms with Crippen molar-refractivity contribution in [2.24, 2.45) is 0 Å². The quantitative estimate of drug-likeness (QED) is 0.422. The number of amides is 3. The molecule has 0 unspecified atom stereocenters. The summed E-state index contributed by atoms with van der Waals surface area (Å²) in [6.45, 7) is 2.08. The number of furan rings is 1. The van der Waals surface area contributed by atoms with E-state index in [-0.39, 0.29) is 24.3 Å². The van der Waals surface area contributed by atoms with Gasteiger partial charge < -0.3 is 25.7 Å². The Morgan fingerprint density at radius 2 is 1.55 bits per heavy atom. The first kappa shape index (κ1) is 21.6. The predicted molar refractivity (Wildman–Crippen MR) is 119 cm³/mol. The van der Waals surface area contributed by atoms with Gasteiger partial charge in [0.05, 0.1) is 19.4 Å². The van der Waals surface area contributed by atoms with Crippen molar-refractivity contribution in [1.29, 1.82) is 0 Å². The van der Waals surface area contributed by atoms with E-state index in [1.807, 2.05) is 0 Å². The molecule has 0 fully saturated rings. The lowest BCUT2D eigenvalue weighted by atomic mass is 10.2. The molecule has 3 amide bonds. The van der Waals surface area contributed by atoms with E-state index in [4.69, 9.17) is 4.42 Å². The van der Waals surface area contributed by atoms with Gasteiger partial charge in [0.25, 0.3) is 5.91 Å². The summed E-state index contributed by atoms with van der Waals surface area (Å²) in [6.07, 6.45) is 1.93. The molecule has 0 aliphatic rings. The monoisotopic (exact) mass is 420 g/mol. The van der Waals surface area contributed by atoms with Crippen LogP contribution in [-0.2, 0) is 16.1 Å². The normalized spacial score (nSPS) is 10.2. The molecule has 0 saturated carbocycles. The van der Waals surface area contributed by atoms with E-state index in [1.165, 1.54) is 0 Å². The predicted octanol–water partition coefficient (Wildman–Crippen LogP) is 3.61. The topological polar surface area (TPSA) is 112 Å². The highest BCUT2D eigenvalue weighted by Crippen LogP contribution is 2.16. The molecular formula is C23H24N4O4. The van der Waals surface area contributed by atoms with Crippen LogP contribution in [0.5, 0.6) is 0 Å². The van der Waals surface area contributed by atoms with E-state index >= 15 is 0 Å². The van der Waals surface area contributed by atoms with Gasteiger partial charge >= 0.3 is 0 Å². The first-order valence-corrected chi connectivity index (χ1v) is 9.88. The maximum Gasteiger partial charge on any atom is 0.251 e. The lowest BCUT2D eigenvalue weighted by Crippen LogP contribution is -2.23. The highest BCUT2D eigenvalue weighted by atomic mass is 16.3. The van der Waals surface area contributed by atoms with Gasteiger partial charge in [-0.2, -0.15) is 0 Å². The van der Waals surface area contributed by atoms with Gasteiger partial charge in [0, 0.05) is 29.0 Å². The molecule has 2 aromatic carbocycles. The second kappa shape index (κ2) is 10.6. The van der Waals surface area contributed by atoms with E-state index < -0.39 is 0 Å². The van der Waals surface area contributed by atoms with Gasteiger partial charge in [0.15, 0.2) is 0 Å². The summed E-state index contributed by atoms with van der Waals surface area (Å²) >= 11 is 0. The average molecular weight is 420 g/mol. The highest BCUT2D eigenvalue weighted by molar-refractivity contribution is 5.97. The van der Waals surface area contributed by atoms with Gasteiger partial charge in [-0.05, 0) is 48.5 Å². The Bertz CT molecular complexity index is 1050. The molecule has 3 rings (SSSR count). The van der Waals surface area contributed by atoms with Gasteiger partial charge in [-0.25, -0.2) is 0 Å². The number of carbonyl (C=O) groups excluding carboxylic acids is 3. The van der Waals surface area contributed by atoms with Crippen LogP contribution in [-0.4, -0.2) is 24.3 Å². The van der Waals surface area contributed by atoms with E-state index in [9.17, 15) is 14.4 Å². The Labute approximate surface area is 180 Å². The summed E-state index contributed by atoms with van der Waals surface area (Å²) in [4.78, 5) is 36.1. The zero-order valence-electron chi connectivity index (χ0n) is 17.1. The maximum absolute atomic E-state index is 12.3. The van der Waals surface area contributed by atoms with Gasteiger partial charge in [-0.3, -0.25) is 14.4 Å². The third-order valence-electron chi connectivity index (χ3n) is 4.33. The molecule has 0 saturated heterocycles. The summed E-state index contributed by atoms with van der Waals surface area (Å²) < 4.78 is 5.20. The van der Waals surface area contributed by atoms with E-state index in [1.54, 1.807) is 73.9 Å². The Balaban J connectivity index is 1.51. The summed E-state index contributed by atoms with van der Waals surface area (Å²) in [7, 11) is 0. The molecule has 160 valence electrons. The van der Waals surface area contributed by atoms with Gasteiger partial charge in [0.1, 0.15) is 5.76 Å². The SMILES string of the molecule is CCC(=O)Nc1cccc(NC(=O)CNc2cccc(C(=O)NCc3ccco3)c2)c1. The number of anilines is 3. The number of benzene rings is 2. The van der Waals surface area contributed by atoms with E-state index in [0.717, 1.165) is 0 Å². The molecule has 31 heavy (non-hydrogen) atoms. The molecule has 4 N–H and O–H groups in total. The molecule has 1 heterocycles. The first-order chi connectivity index (χ1) is 15.0. The van der Waals surface area contributed by atoms with Crippen LogP contribution >= 0.6 is 0 Å². The van der Waals surface area contributed by atoms with E-state index in [2.05, 4.69) is 21.3 Å². The van der Waals surface area contributed by atoms with Crippen molar-refractivity contribution >= 4 is 34.8 Å². The van der Waals surface area contributed by atoms with E-state index in [0.29, 0.717) is 41.4 Å². The Hall–Kier alpha value is -4.07. The molecule has 8 heteroatoms. The molecule has 0 bridgehead atoms. The summed E-state index contributed by atoms with van der Waals surface area (Å²) in [5, 5.41) is 11.3. The van der Waals surface area contributed by atoms with Crippen LogP contribution in [0.1, 0.15) is 29.5 Å². The molecule has 0 radical (unpaired) electrons. The minimum atomic E-state index is -0.258. The molecule has 1 aromatic heterocycles. The maximum atomic E-state index is 12.3. The second-order valence-electron chi connectivity index (χ2n) is 6.73. The fourth-order valence-electron chi connectivity index (χ4n) is 2.76. The smallest absolute Gasteiger partial charge is 0.251 e.